The second-order valence-electron chi connectivity index (χ2n) is 8.87. The van der Waals surface area contributed by atoms with Crippen molar-refractivity contribution in [1.29, 1.82) is 0 Å². The van der Waals surface area contributed by atoms with Gasteiger partial charge in [0.2, 0.25) is 0 Å². The minimum Gasteiger partial charge on any atom is -0.506 e. The monoisotopic (exact) mass is 483 g/mol. The van der Waals surface area contributed by atoms with Gasteiger partial charge in [0.1, 0.15) is 17.5 Å². The Bertz CT molecular complexity index is 1330. The zero-order chi connectivity index (χ0) is 25.7. The molecule has 1 aliphatic rings. The third kappa shape index (κ3) is 6.02. The summed E-state index contributed by atoms with van der Waals surface area (Å²) in [5.74, 6) is -0.267. The van der Waals surface area contributed by atoms with Crippen LogP contribution in [0, 0.1) is 13.8 Å². The molecule has 3 aromatic rings. The molecule has 0 aromatic heterocycles. The molecule has 0 saturated heterocycles. The Morgan fingerprint density at radius 1 is 1.08 bits per heavy atom. The highest BCUT2D eigenvalue weighted by atomic mass is 16.5. The predicted molar refractivity (Wildman–Crippen MR) is 139 cm³/mol. The summed E-state index contributed by atoms with van der Waals surface area (Å²) in [7, 11) is 0. The number of nitrogens with zero attached hydrogens (tertiary/aromatic N) is 5. The van der Waals surface area contributed by atoms with E-state index in [2.05, 4.69) is 27.1 Å². The molecule has 1 unspecified atom stereocenters. The number of phenolic OH excluding ortho intramolecular Hbond substituents is 1. The van der Waals surface area contributed by atoms with E-state index in [1.54, 1.807) is 19.1 Å². The van der Waals surface area contributed by atoms with Crippen LogP contribution in [0.2, 0.25) is 0 Å². The minimum absolute atomic E-state index is 0.0655. The van der Waals surface area contributed by atoms with E-state index in [9.17, 15) is 9.90 Å². The summed E-state index contributed by atoms with van der Waals surface area (Å²) in [5, 5.41) is 29.2. The summed E-state index contributed by atoms with van der Waals surface area (Å²) < 4.78 is 5.16. The number of phenols is 1. The average Bonchev–Trinajstić information content (AvgIpc) is 3.36. The van der Waals surface area contributed by atoms with Gasteiger partial charge in [0.15, 0.2) is 0 Å². The van der Waals surface area contributed by atoms with Crippen molar-refractivity contribution in [3.63, 3.8) is 0 Å². The fourth-order valence-electron chi connectivity index (χ4n) is 3.72. The zero-order valence-electron chi connectivity index (χ0n) is 20.7. The number of esters is 1. The first-order valence-electron chi connectivity index (χ1n) is 11.7. The summed E-state index contributed by atoms with van der Waals surface area (Å²) in [5.41, 5.74) is 6.58. The van der Waals surface area contributed by atoms with Crippen molar-refractivity contribution in [1.82, 2.24) is 0 Å². The number of azo groups is 1. The number of aromatic hydroxyl groups is 1. The Labute approximate surface area is 210 Å². The lowest BCUT2D eigenvalue weighted by Gasteiger charge is -2.15. The van der Waals surface area contributed by atoms with Crippen LogP contribution in [0.1, 0.15) is 35.2 Å². The molecule has 8 nitrogen and oxygen atoms in total. The first kappa shape index (κ1) is 24.8. The van der Waals surface area contributed by atoms with Crippen LogP contribution >= 0.6 is 0 Å². The molecule has 0 aliphatic carbocycles. The number of hydrogen-bond donors (Lipinski definition) is 1. The molecule has 1 atom stereocenters. The molecule has 1 heterocycles. The Hall–Kier alpha value is -4.33. The first-order chi connectivity index (χ1) is 17.3. The van der Waals surface area contributed by atoms with Crippen LogP contribution in [0.15, 0.2) is 93.4 Å². The van der Waals surface area contributed by atoms with Crippen LogP contribution in [0.3, 0.4) is 0 Å². The van der Waals surface area contributed by atoms with Crippen molar-refractivity contribution in [2.75, 3.05) is 18.2 Å². The standard InChI is InChI=1S/C28H29N5O3/c1-18(2)28(35)36-14-13-21-6-8-22(9-7-21)26-17-33(32-31-26)23-10-11-24(20(4)16-23)29-30-25-15-19(3)5-12-27(25)34/h5-12,15-16,26,34H,1,13-14,17H2,2-4H3. The fourth-order valence-corrected chi connectivity index (χ4v) is 3.72. The highest BCUT2D eigenvalue weighted by Gasteiger charge is 2.22. The molecule has 184 valence electrons. The molecule has 36 heavy (non-hydrogen) atoms. The summed E-state index contributed by atoms with van der Waals surface area (Å²) in [4.78, 5) is 11.5. The highest BCUT2D eigenvalue weighted by molar-refractivity contribution is 5.86. The summed E-state index contributed by atoms with van der Waals surface area (Å²) in [6.45, 7) is 10.1. The predicted octanol–water partition coefficient (Wildman–Crippen LogP) is 7.01. The van der Waals surface area contributed by atoms with E-state index < -0.39 is 0 Å². The number of carbonyl (C=O) groups is 1. The maximum Gasteiger partial charge on any atom is 0.333 e. The van der Waals surface area contributed by atoms with E-state index >= 15 is 0 Å². The summed E-state index contributed by atoms with van der Waals surface area (Å²) in [6.07, 6.45) is 0.643. The molecule has 0 saturated carbocycles. The van der Waals surface area contributed by atoms with Gasteiger partial charge in [-0.3, -0.25) is 0 Å². The van der Waals surface area contributed by atoms with Gasteiger partial charge in [-0.05, 0) is 73.4 Å². The fraction of sp³-hybridized carbons (Fsp3) is 0.250. The Kier molecular flexibility index (Phi) is 7.53. The van der Waals surface area contributed by atoms with E-state index in [4.69, 9.17) is 4.74 Å². The molecule has 4 rings (SSSR count). The number of benzene rings is 3. The molecular formula is C28H29N5O3. The minimum atomic E-state index is -0.366. The van der Waals surface area contributed by atoms with Crippen LogP contribution in [0.5, 0.6) is 5.75 Å². The topological polar surface area (TPSA) is 99.2 Å². The quantitative estimate of drug-likeness (QED) is 0.211. The normalized spacial score (nSPS) is 15.0. The smallest absolute Gasteiger partial charge is 0.333 e. The first-order valence-corrected chi connectivity index (χ1v) is 11.7. The number of anilines is 1. The molecular weight excluding hydrogens is 454 g/mol. The molecule has 0 radical (unpaired) electrons. The molecule has 1 N–H and O–H groups in total. The van der Waals surface area contributed by atoms with Gasteiger partial charge in [0.25, 0.3) is 0 Å². The van der Waals surface area contributed by atoms with Crippen molar-refractivity contribution >= 4 is 23.0 Å². The number of hydrogen-bond acceptors (Lipinski definition) is 8. The second kappa shape index (κ2) is 10.9. The van der Waals surface area contributed by atoms with Crippen LogP contribution in [0.25, 0.3) is 0 Å². The Morgan fingerprint density at radius 3 is 2.56 bits per heavy atom. The third-order valence-corrected chi connectivity index (χ3v) is 5.86. The number of ether oxygens (including phenoxy) is 1. The molecule has 0 amide bonds. The number of aryl methyl sites for hydroxylation is 2. The largest absolute Gasteiger partial charge is 0.506 e. The molecule has 0 spiro atoms. The van der Waals surface area contributed by atoms with Gasteiger partial charge in [-0.2, -0.15) is 10.2 Å². The molecule has 3 aromatic carbocycles. The van der Waals surface area contributed by atoms with Gasteiger partial charge in [0.05, 0.1) is 24.5 Å². The van der Waals surface area contributed by atoms with Gasteiger partial charge >= 0.3 is 5.97 Å². The number of carbonyl (C=O) groups excluding carboxylic acids is 1. The average molecular weight is 484 g/mol. The van der Waals surface area contributed by atoms with E-state index in [0.717, 1.165) is 33.6 Å². The third-order valence-electron chi connectivity index (χ3n) is 5.86. The number of rotatable bonds is 8. The lowest BCUT2D eigenvalue weighted by molar-refractivity contribution is -0.138. The SMILES string of the molecule is C=C(C)C(=O)OCCc1ccc(C2CN(c3ccc(N=Nc4cc(C)ccc4O)c(C)c3)N=N2)cc1. The maximum atomic E-state index is 11.5. The van der Waals surface area contributed by atoms with Gasteiger partial charge in [-0.25, -0.2) is 9.80 Å². The molecule has 1 aliphatic heterocycles. The molecule has 0 bridgehead atoms. The van der Waals surface area contributed by atoms with Crippen LogP contribution < -0.4 is 5.01 Å². The summed E-state index contributed by atoms with van der Waals surface area (Å²) >= 11 is 0. The zero-order valence-corrected chi connectivity index (χ0v) is 20.7. The highest BCUT2D eigenvalue weighted by Crippen LogP contribution is 2.33. The lowest BCUT2D eigenvalue weighted by Crippen LogP contribution is -2.16. The lowest BCUT2D eigenvalue weighted by atomic mass is 10.0. The van der Waals surface area contributed by atoms with E-state index in [0.29, 0.717) is 30.8 Å². The molecule has 8 heteroatoms. The van der Waals surface area contributed by atoms with E-state index in [1.807, 2.05) is 67.4 Å². The van der Waals surface area contributed by atoms with Gasteiger partial charge in [-0.15, -0.1) is 5.11 Å². The summed E-state index contributed by atoms with van der Waals surface area (Å²) in [6, 6.07) is 19.1. The van der Waals surface area contributed by atoms with Crippen molar-refractivity contribution in [2.45, 2.75) is 33.2 Å². The van der Waals surface area contributed by atoms with Crippen molar-refractivity contribution in [3.05, 3.63) is 95.1 Å². The van der Waals surface area contributed by atoms with Gasteiger partial charge in [-0.1, -0.05) is 42.1 Å². The van der Waals surface area contributed by atoms with Gasteiger partial charge < -0.3 is 9.84 Å². The van der Waals surface area contributed by atoms with E-state index in [1.165, 1.54) is 0 Å². The van der Waals surface area contributed by atoms with Crippen molar-refractivity contribution in [3.8, 4) is 5.75 Å². The van der Waals surface area contributed by atoms with Crippen LogP contribution in [-0.2, 0) is 16.0 Å². The van der Waals surface area contributed by atoms with Crippen molar-refractivity contribution < 1.29 is 14.6 Å². The Balaban J connectivity index is 1.36. The van der Waals surface area contributed by atoms with Crippen LogP contribution in [-0.4, -0.2) is 24.2 Å². The molecule has 0 fully saturated rings. The van der Waals surface area contributed by atoms with Crippen LogP contribution in [0.4, 0.5) is 17.1 Å². The second-order valence-corrected chi connectivity index (χ2v) is 8.87. The van der Waals surface area contributed by atoms with Gasteiger partial charge in [0, 0.05) is 12.0 Å². The van der Waals surface area contributed by atoms with Crippen molar-refractivity contribution in [2.24, 2.45) is 20.6 Å². The maximum absolute atomic E-state index is 11.5. The van der Waals surface area contributed by atoms with E-state index in [-0.39, 0.29) is 17.8 Å². The Morgan fingerprint density at radius 2 is 1.83 bits per heavy atom.